The zero-order chi connectivity index (χ0) is 91.0. The lowest BCUT2D eigenvalue weighted by Gasteiger charge is -2.19. The molecule has 0 aromatic carbocycles. The van der Waals surface area contributed by atoms with E-state index in [-0.39, 0.29) is 24.3 Å². The minimum Gasteiger partial charge on any atom is -0.395 e. The number of hydrogen-bond donors (Lipinski definition) is 16. The Morgan fingerprint density at radius 2 is 0.645 bits per heavy atom. The number of H-pyrrole nitrogens is 5. The molecule has 0 bridgehead atoms. The Hall–Kier alpha value is -6.00. The van der Waals surface area contributed by atoms with Crippen molar-refractivity contribution in [3.05, 3.63) is 176 Å². The summed E-state index contributed by atoms with van der Waals surface area (Å²) in [7, 11) is 0. The van der Waals surface area contributed by atoms with Gasteiger partial charge in [0.25, 0.3) is 27.8 Å². The van der Waals surface area contributed by atoms with Gasteiger partial charge in [0, 0.05) is 54.2 Å². The molecule has 5 fully saturated rings. The topological polar surface area (TPSA) is 543 Å². The first-order valence-corrected chi connectivity index (χ1v) is 55.8. The van der Waals surface area contributed by atoms with E-state index in [0.29, 0.717) is 81.0 Å². The minimum absolute atomic E-state index is 0.0115. The number of hydrogen-bond acceptors (Lipinski definition) is 26. The first-order chi connectivity index (χ1) is 56.2. The van der Waals surface area contributed by atoms with E-state index in [1.807, 2.05) is 13.8 Å². The summed E-state index contributed by atoms with van der Waals surface area (Å²) in [4.78, 5) is 130. The molecule has 0 spiro atoms. The fraction of sp³-hybridized carbons (Fsp3) is 0.662. The minimum atomic E-state index is -1.30. The highest BCUT2D eigenvalue weighted by atomic mass is 31.2. The monoisotopic (exact) mass is 1800 g/mol. The van der Waals surface area contributed by atoms with Crippen LogP contribution in [0.4, 0.5) is 0 Å². The van der Waals surface area contributed by atoms with Crippen molar-refractivity contribution in [2.24, 2.45) is 0 Å². The lowest BCUT2D eigenvalue weighted by molar-refractivity contribution is -0.0404. The number of aromatic nitrogens is 10. The van der Waals surface area contributed by atoms with Gasteiger partial charge in [0.2, 0.25) is 0 Å². The molecule has 684 valence electrons. The predicted molar refractivity (Wildman–Crippen MR) is 484 cm³/mol. The number of aryl methyl sites for hydroxylation is 4. The molecule has 41 heteroatoms. The van der Waals surface area contributed by atoms with Gasteiger partial charge in [0.1, 0.15) is 73.2 Å². The van der Waals surface area contributed by atoms with Gasteiger partial charge in [-0.05, 0) is 162 Å². The van der Waals surface area contributed by atoms with E-state index in [4.69, 9.17) is 28.8 Å². The van der Waals surface area contributed by atoms with Crippen molar-refractivity contribution in [1.29, 1.82) is 0 Å². The number of aliphatic hydroxyl groups excluding tert-OH is 11. The summed E-state index contributed by atoms with van der Waals surface area (Å²) in [6.07, 6.45) is 21.2. The molecule has 0 radical (unpaired) electrons. The van der Waals surface area contributed by atoms with Gasteiger partial charge >= 0.3 is 28.4 Å². The zero-order valence-electron chi connectivity index (χ0n) is 71.9. The van der Waals surface area contributed by atoms with Crippen molar-refractivity contribution in [1.82, 2.24) is 47.8 Å². The highest BCUT2D eigenvalue weighted by molar-refractivity contribution is 7.73. The van der Waals surface area contributed by atoms with Crippen LogP contribution in [0.1, 0.15) is 137 Å². The van der Waals surface area contributed by atoms with Crippen LogP contribution in [0.5, 0.6) is 0 Å². The average Bonchev–Trinajstić information content (AvgIpc) is 1.69. The number of ether oxygens (including phenoxy) is 5. The highest BCUT2D eigenvalue weighted by Crippen LogP contribution is 2.45. The lowest BCUT2D eigenvalue weighted by Crippen LogP contribution is -2.38. The molecule has 16 N–H and O–H groups in total. The third kappa shape index (κ3) is 29.5. The Labute approximate surface area is 703 Å². The zero-order valence-corrected chi connectivity index (χ0v) is 76.4. The van der Waals surface area contributed by atoms with Gasteiger partial charge in [-0.1, -0.05) is 39.7 Å². The number of nitrogens with one attached hydrogen (secondary N) is 5. The Balaban J connectivity index is 0.000000234. The summed E-state index contributed by atoms with van der Waals surface area (Å²) >= 11 is 0. The van der Waals surface area contributed by atoms with E-state index < -0.39 is 213 Å². The number of rotatable bonds is 31. The second-order valence-electron chi connectivity index (χ2n) is 35.1. The number of aliphatic hydroxyl groups is 11. The van der Waals surface area contributed by atoms with Crippen LogP contribution in [0.2, 0.25) is 0 Å². The summed E-state index contributed by atoms with van der Waals surface area (Å²) in [5.74, 6) is 0. The Kier molecular flexibility index (Phi) is 38.5. The van der Waals surface area contributed by atoms with Crippen molar-refractivity contribution in [2.45, 2.75) is 233 Å². The molecule has 0 amide bonds. The van der Waals surface area contributed by atoms with E-state index in [2.05, 4.69) is 130 Å². The van der Waals surface area contributed by atoms with Crippen LogP contribution in [0.25, 0.3) is 0 Å². The van der Waals surface area contributed by atoms with Crippen LogP contribution >= 0.6 is 34.4 Å². The third-order valence-corrected chi connectivity index (χ3v) is 28.4. The van der Waals surface area contributed by atoms with Crippen LogP contribution < -0.4 is 56.2 Å². The van der Waals surface area contributed by atoms with E-state index in [0.717, 1.165) is 59.2 Å². The van der Waals surface area contributed by atoms with Crippen molar-refractivity contribution < 1.29 is 79.9 Å². The molecule has 5 aromatic rings. The van der Waals surface area contributed by atoms with E-state index in [9.17, 15) is 99.0 Å². The molecule has 121 heavy (non-hydrogen) atoms. The van der Waals surface area contributed by atoms with Crippen LogP contribution in [0.15, 0.2) is 91.6 Å². The SMILES string of the molecule is C=CCCn1cc([C@@H]2O[C@H](CCP(=C)(C)C)[C@@H](O)[C@H]2O)c(=O)[nH]c1=O.C=P(C)(C)CC[C@H]1O[C@@H](c2cn(CCO)c(=O)[nH]c2=O)[C@H](O)[C@@H]1O.C=P(C)(C)CC[C@H]1O[C@@H](n2cc(CC)c(=O)[nH]c2=O)[C@H](O)[C@@H]1O.C=P(C)(C)CC[C@H]1O[C@@H](n2cc(CCC)c(=O)[nH]c2=O)[C@H](O)[C@@H]1O.C=P(C)(C)CC[C@H]1O[C@@H](n2cc(CCCC)c(=O)[nH]c2=O)[C@H](O)[C@@H]1O. The molecule has 0 unspecified atom stereocenters. The van der Waals surface area contributed by atoms with Gasteiger partial charge in [-0.15, -0.1) is 72.5 Å². The van der Waals surface area contributed by atoms with Gasteiger partial charge < -0.3 is 79.9 Å². The van der Waals surface area contributed by atoms with Crippen LogP contribution in [0.3, 0.4) is 0 Å². The fourth-order valence-corrected chi connectivity index (χ4v) is 18.8. The molecule has 5 aromatic heterocycles. The average molecular weight is 1810 g/mol. The molecule has 0 aliphatic carbocycles. The summed E-state index contributed by atoms with van der Waals surface area (Å²) in [6, 6.07) is 0. The summed E-state index contributed by atoms with van der Waals surface area (Å²) in [6.45, 7) is 23.9. The standard InChI is InChI=1S/C17H27N2O5P.C17H29N2O5P.C16H27N2O5P.C15H25N2O6P.C15H25N2O5P/c1-5-6-8-19-10-11(16(22)18-17(19)23)15-14(21)13(20)12(24-15)7-9-25(2,3)4;1-5-6-7-11-10-19(17(23)18-15(11)22)16-14(21)13(20)12(24-16)8-9-25(2,3)4;1-5-6-10-9-18(16(22)17-14(10)21)15-13(20)12(19)11(23-15)7-8-24(2,3)4;1-24(2,3)7-4-10-11(19)12(20)13(23-10)9-8-17(5-6-18)15(22)16-14(9)21;1-5-9-8-17(15(21)16-13(9)20)14-12(19)11(18)10(22-14)6-7-23(2,3)4/h5,10,12-15,20-21H,1-2,6-9H2,3-4H3,(H,18,22,23);10,12-14,16,20-21H,2,5-9H2,1,3-4H3,(H,18,22,23);9,11-13,15,19-20H,2,5-8H2,1,3-4H3,(H,17,21,22);8,10-13,18-20H,1,4-7H2,2-3H3,(H,16,21,22);8,10-12,14,18-19H,2,5-7H2,1,3-4H3,(H,16,20,21)/t12-,13-,14-,15+;12-,13-,14-,16-;11-,12-,13-,15-;10-,11-,12-,13+;10-,11-,12-,14-/m11111/s1. The Bertz CT molecular complexity index is 5060. The van der Waals surface area contributed by atoms with Crippen molar-refractivity contribution in [3.8, 4) is 0 Å². The molecule has 36 nitrogen and oxygen atoms in total. The maximum absolute atomic E-state index is 12.2. The maximum atomic E-state index is 12.2. The van der Waals surface area contributed by atoms with Crippen molar-refractivity contribution in [3.63, 3.8) is 0 Å². The van der Waals surface area contributed by atoms with Gasteiger partial charge in [0.05, 0.1) is 54.8 Å². The van der Waals surface area contributed by atoms with Crippen LogP contribution in [0, 0.1) is 0 Å². The second-order valence-corrected chi connectivity index (χ2v) is 56.7. The molecule has 5 aliphatic heterocycles. The molecule has 5 aliphatic rings. The molecule has 5 saturated heterocycles. The van der Waals surface area contributed by atoms with E-state index in [1.165, 1.54) is 44.7 Å². The number of nitrogens with zero attached hydrogens (tertiary/aromatic N) is 5. The number of allylic oxidation sites excluding steroid dienone is 1. The first-order valence-electron chi connectivity index (χ1n) is 40.6. The quantitative estimate of drug-likeness (QED) is 0.0202. The summed E-state index contributed by atoms with van der Waals surface area (Å²) in [5, 5.41) is 112. The second kappa shape index (κ2) is 44.9. The molecular weight excluding hydrogens is 1670 g/mol. The molecule has 0 saturated carbocycles. The van der Waals surface area contributed by atoms with Gasteiger partial charge in [-0.2, -0.15) is 0 Å². The fourth-order valence-electron chi connectivity index (χ4n) is 14.0. The van der Waals surface area contributed by atoms with E-state index in [1.54, 1.807) is 13.0 Å². The van der Waals surface area contributed by atoms with Gasteiger partial charge in [-0.25, -0.2) is 24.0 Å². The van der Waals surface area contributed by atoms with Crippen LogP contribution in [-0.4, -0.2) is 331 Å². The number of unbranched alkanes of at least 4 members (excludes halogenated alkanes) is 1. The first kappa shape index (κ1) is 104. The summed E-state index contributed by atoms with van der Waals surface area (Å²) in [5.41, 5.74) is -4.15. The predicted octanol–water partition coefficient (Wildman–Crippen LogP) is -0.214. The lowest BCUT2D eigenvalue weighted by atomic mass is 10.0. The Morgan fingerprint density at radius 1 is 0.364 bits per heavy atom. The third-order valence-electron chi connectivity index (χ3n) is 21.1. The van der Waals surface area contributed by atoms with Crippen LogP contribution in [-0.2, 0) is 56.0 Å². The van der Waals surface area contributed by atoms with E-state index >= 15 is 0 Å². The molecule has 10 rings (SSSR count). The normalized spacial score (nSPS) is 27.4. The summed E-state index contributed by atoms with van der Waals surface area (Å²) < 4.78 is 34.7. The van der Waals surface area contributed by atoms with Gasteiger partial charge in [0.15, 0.2) is 18.7 Å². The molecule has 20 atom stereocenters. The molecule has 10 heterocycles. The van der Waals surface area contributed by atoms with Gasteiger partial charge in [-0.3, -0.25) is 71.7 Å². The maximum Gasteiger partial charge on any atom is 0.330 e. The molecular formula is C80H133N10O26P5. The van der Waals surface area contributed by atoms with Crippen molar-refractivity contribution in [2.75, 3.05) is 104 Å². The highest BCUT2D eigenvalue weighted by Gasteiger charge is 2.49. The smallest absolute Gasteiger partial charge is 0.330 e. The largest absolute Gasteiger partial charge is 0.395 e. The Morgan fingerprint density at radius 3 is 0.934 bits per heavy atom. The van der Waals surface area contributed by atoms with Crippen molar-refractivity contribution >= 4 is 65.9 Å². The number of aromatic amines is 5.